The number of para-hydroxylation sites is 1. The van der Waals surface area contributed by atoms with Crippen molar-refractivity contribution in [2.75, 3.05) is 4.90 Å². The van der Waals surface area contributed by atoms with Gasteiger partial charge in [0.1, 0.15) is 11.5 Å². The summed E-state index contributed by atoms with van der Waals surface area (Å²) in [6, 6.07) is 28.8. The molecule has 0 aliphatic carbocycles. The summed E-state index contributed by atoms with van der Waals surface area (Å²) in [5, 5.41) is 0. The SMILES string of the molecule is CC(C)(C)Cc1ccc2c(c1)Sc1cc(-c3ccc4c(c3)N(C(C)(C)C)c3ccccc3S4)ccc1O2. The van der Waals surface area contributed by atoms with Crippen LogP contribution in [0.4, 0.5) is 11.4 Å². The summed E-state index contributed by atoms with van der Waals surface area (Å²) in [6.07, 6.45) is 1.05. The largest absolute Gasteiger partial charge is 0.455 e. The van der Waals surface area contributed by atoms with E-state index in [0.29, 0.717) is 0 Å². The van der Waals surface area contributed by atoms with Gasteiger partial charge in [-0.3, -0.25) is 0 Å². The van der Waals surface area contributed by atoms with Crippen LogP contribution in [0.5, 0.6) is 11.5 Å². The first-order valence-corrected chi connectivity index (χ1v) is 14.5. The lowest BCUT2D eigenvalue weighted by Gasteiger charge is -2.42. The zero-order valence-electron chi connectivity index (χ0n) is 22.4. The van der Waals surface area contributed by atoms with Crippen molar-refractivity contribution in [3.63, 3.8) is 0 Å². The van der Waals surface area contributed by atoms with Crippen LogP contribution in [0.15, 0.2) is 98.4 Å². The first kappa shape index (κ1) is 24.5. The average Bonchev–Trinajstić information content (AvgIpc) is 2.83. The van der Waals surface area contributed by atoms with E-state index in [1.807, 2.05) is 23.5 Å². The predicted octanol–water partition coefficient (Wildman–Crippen LogP) is 10.6. The monoisotopic (exact) mass is 523 g/mol. The fourth-order valence-corrected chi connectivity index (χ4v) is 7.28. The van der Waals surface area contributed by atoms with Gasteiger partial charge in [0, 0.05) is 15.3 Å². The van der Waals surface area contributed by atoms with E-state index in [4.69, 9.17) is 4.74 Å². The fraction of sp³-hybridized carbons (Fsp3) is 0.273. The maximum atomic E-state index is 6.31. The third kappa shape index (κ3) is 4.78. The van der Waals surface area contributed by atoms with Gasteiger partial charge in [0.15, 0.2) is 0 Å². The maximum Gasteiger partial charge on any atom is 0.141 e. The molecule has 2 aliphatic heterocycles. The lowest BCUT2D eigenvalue weighted by Crippen LogP contribution is -2.39. The van der Waals surface area contributed by atoms with E-state index in [2.05, 4.69) is 125 Å². The summed E-state index contributed by atoms with van der Waals surface area (Å²) in [4.78, 5) is 7.46. The Morgan fingerprint density at radius 3 is 2.00 bits per heavy atom. The first-order chi connectivity index (χ1) is 17.5. The molecule has 2 nitrogen and oxygen atoms in total. The molecule has 4 aromatic rings. The molecule has 0 spiro atoms. The van der Waals surface area contributed by atoms with Crippen molar-refractivity contribution < 1.29 is 4.74 Å². The number of rotatable bonds is 2. The van der Waals surface area contributed by atoms with Crippen LogP contribution in [0.2, 0.25) is 0 Å². The molecule has 4 heteroatoms. The highest BCUT2D eigenvalue weighted by molar-refractivity contribution is 8.00. The Bertz CT molecular complexity index is 1510. The average molecular weight is 524 g/mol. The van der Waals surface area contributed by atoms with E-state index in [0.717, 1.165) is 17.9 Å². The summed E-state index contributed by atoms with van der Waals surface area (Å²) in [5.41, 5.74) is 6.56. The van der Waals surface area contributed by atoms with Gasteiger partial charge in [-0.15, -0.1) is 0 Å². The van der Waals surface area contributed by atoms with Crippen LogP contribution in [0, 0.1) is 5.41 Å². The third-order valence-electron chi connectivity index (χ3n) is 6.66. The molecule has 0 amide bonds. The second-order valence-electron chi connectivity index (χ2n) is 12.1. The van der Waals surface area contributed by atoms with E-state index in [-0.39, 0.29) is 11.0 Å². The van der Waals surface area contributed by atoms with E-state index in [1.54, 1.807) is 0 Å². The zero-order valence-corrected chi connectivity index (χ0v) is 24.0. The van der Waals surface area contributed by atoms with Crippen LogP contribution in [0.25, 0.3) is 11.1 Å². The van der Waals surface area contributed by atoms with E-state index >= 15 is 0 Å². The van der Waals surface area contributed by atoms with Crippen LogP contribution >= 0.6 is 23.5 Å². The third-order valence-corrected chi connectivity index (χ3v) is 8.86. The van der Waals surface area contributed by atoms with Crippen molar-refractivity contribution >= 4 is 34.9 Å². The predicted molar refractivity (Wildman–Crippen MR) is 158 cm³/mol. The Kier molecular flexibility index (Phi) is 5.89. The van der Waals surface area contributed by atoms with Crippen LogP contribution < -0.4 is 9.64 Å². The molecule has 0 saturated carbocycles. The van der Waals surface area contributed by atoms with Gasteiger partial charge in [-0.1, -0.05) is 74.6 Å². The Hall–Kier alpha value is -2.82. The van der Waals surface area contributed by atoms with Crippen molar-refractivity contribution in [2.45, 2.75) is 73.1 Å². The Morgan fingerprint density at radius 2 is 1.24 bits per heavy atom. The summed E-state index contributed by atoms with van der Waals surface area (Å²) in [7, 11) is 0. The van der Waals surface area contributed by atoms with Crippen molar-refractivity contribution in [2.24, 2.45) is 5.41 Å². The van der Waals surface area contributed by atoms with Gasteiger partial charge in [-0.2, -0.15) is 0 Å². The van der Waals surface area contributed by atoms with Crippen molar-refractivity contribution in [3.8, 4) is 22.6 Å². The molecule has 6 rings (SSSR count). The number of anilines is 2. The number of hydrogen-bond donors (Lipinski definition) is 0. The Labute approximate surface area is 229 Å². The van der Waals surface area contributed by atoms with Crippen molar-refractivity contribution in [1.82, 2.24) is 0 Å². The van der Waals surface area contributed by atoms with Gasteiger partial charge in [0.2, 0.25) is 0 Å². The quantitative estimate of drug-likeness (QED) is 0.228. The molecule has 0 aromatic heterocycles. The first-order valence-electron chi connectivity index (χ1n) is 12.9. The number of ether oxygens (including phenoxy) is 1. The summed E-state index contributed by atoms with van der Waals surface area (Å²) < 4.78 is 6.31. The van der Waals surface area contributed by atoms with E-state index < -0.39 is 0 Å². The lowest BCUT2D eigenvalue weighted by molar-refractivity contribution is 0.409. The highest BCUT2D eigenvalue weighted by atomic mass is 32.2. The molecule has 0 radical (unpaired) electrons. The minimum atomic E-state index is -0.0432. The van der Waals surface area contributed by atoms with Crippen LogP contribution in [0.1, 0.15) is 47.1 Å². The van der Waals surface area contributed by atoms with Gasteiger partial charge in [0.25, 0.3) is 0 Å². The number of hydrogen-bond acceptors (Lipinski definition) is 4. The van der Waals surface area contributed by atoms with Crippen molar-refractivity contribution in [3.05, 3.63) is 84.4 Å². The van der Waals surface area contributed by atoms with Gasteiger partial charge in [-0.25, -0.2) is 0 Å². The maximum absolute atomic E-state index is 6.31. The molecule has 0 saturated heterocycles. The molecule has 0 N–H and O–H groups in total. The van der Waals surface area contributed by atoms with Crippen LogP contribution in [-0.4, -0.2) is 5.54 Å². The molecule has 188 valence electrons. The highest BCUT2D eigenvalue weighted by Gasteiger charge is 2.31. The second kappa shape index (κ2) is 8.89. The normalized spacial score (nSPS) is 14.3. The minimum absolute atomic E-state index is 0.0432. The van der Waals surface area contributed by atoms with Gasteiger partial charge >= 0.3 is 0 Å². The molecule has 2 aliphatic rings. The smallest absolute Gasteiger partial charge is 0.141 e. The molecular weight excluding hydrogens is 491 g/mol. The second-order valence-corrected chi connectivity index (χ2v) is 14.3. The number of fused-ring (bicyclic) bond motifs is 4. The van der Waals surface area contributed by atoms with Crippen LogP contribution in [0.3, 0.4) is 0 Å². The van der Waals surface area contributed by atoms with Crippen LogP contribution in [-0.2, 0) is 6.42 Å². The highest BCUT2D eigenvalue weighted by Crippen LogP contribution is 2.53. The standard InChI is InChI=1S/C33H33NOS2/c1-32(2,3)20-21-11-14-26-30(17-21)37-31-19-23(12-15-27(31)35-26)22-13-16-29-25(18-22)34(33(4,5)6)24-9-7-8-10-28(24)36-29/h7-19H,20H2,1-6H3. The van der Waals surface area contributed by atoms with Crippen molar-refractivity contribution in [1.29, 1.82) is 0 Å². The Balaban J connectivity index is 1.36. The molecule has 0 bridgehead atoms. The fourth-order valence-electron chi connectivity index (χ4n) is 5.18. The Morgan fingerprint density at radius 1 is 0.622 bits per heavy atom. The van der Waals surface area contributed by atoms with E-state index in [9.17, 15) is 0 Å². The summed E-state index contributed by atoms with van der Waals surface area (Å²) in [6.45, 7) is 13.7. The van der Waals surface area contributed by atoms with Gasteiger partial charge < -0.3 is 9.64 Å². The topological polar surface area (TPSA) is 12.5 Å². The molecule has 0 atom stereocenters. The molecule has 2 heterocycles. The number of nitrogens with zero attached hydrogens (tertiary/aromatic N) is 1. The number of benzene rings is 4. The summed E-state index contributed by atoms with van der Waals surface area (Å²) in [5.74, 6) is 1.89. The zero-order chi connectivity index (χ0) is 25.9. The lowest BCUT2D eigenvalue weighted by atomic mass is 9.88. The minimum Gasteiger partial charge on any atom is -0.455 e. The molecule has 0 fully saturated rings. The molecular formula is C33H33NOS2. The van der Waals surface area contributed by atoms with Gasteiger partial charge in [0.05, 0.1) is 21.2 Å². The summed E-state index contributed by atoms with van der Waals surface area (Å²) >= 11 is 3.68. The molecule has 0 unspecified atom stereocenters. The molecule has 37 heavy (non-hydrogen) atoms. The van der Waals surface area contributed by atoms with E-state index in [1.165, 1.54) is 47.6 Å². The van der Waals surface area contributed by atoms with Gasteiger partial charge in [-0.05, 0) is 97.8 Å². The molecule has 4 aromatic carbocycles.